The minimum Gasteiger partial charge on any atom is -0.497 e. The van der Waals surface area contributed by atoms with Crippen LogP contribution >= 0.6 is 22.9 Å². The minimum atomic E-state index is 0.260. The van der Waals surface area contributed by atoms with E-state index < -0.39 is 0 Å². The Hall–Kier alpha value is -3.41. The molecule has 0 spiro atoms. The zero-order valence-corrected chi connectivity index (χ0v) is 20.6. The van der Waals surface area contributed by atoms with Crippen molar-refractivity contribution in [1.82, 2.24) is 9.97 Å². The van der Waals surface area contributed by atoms with Gasteiger partial charge in [0.2, 0.25) is 5.28 Å². The maximum atomic E-state index is 6.46. The van der Waals surface area contributed by atoms with E-state index in [0.29, 0.717) is 13.1 Å². The second-order valence-electron chi connectivity index (χ2n) is 8.09. The lowest BCUT2D eigenvalue weighted by molar-refractivity contribution is 0.415. The number of hydrogen-bond acceptors (Lipinski definition) is 5. The Balaban J connectivity index is 1.69. The molecule has 3 aromatic carbocycles. The van der Waals surface area contributed by atoms with Crippen LogP contribution in [0.15, 0.2) is 84.9 Å². The first-order chi connectivity index (χ1) is 16.6. The van der Waals surface area contributed by atoms with Crippen molar-refractivity contribution in [2.24, 2.45) is 0 Å². The summed E-state index contributed by atoms with van der Waals surface area (Å²) >= 11 is 8.11. The quantitative estimate of drug-likeness (QED) is 0.223. The summed E-state index contributed by atoms with van der Waals surface area (Å²) in [5, 5.41) is 1.29. The van der Waals surface area contributed by atoms with Crippen molar-refractivity contribution in [1.29, 1.82) is 0 Å². The number of aromatic nitrogens is 2. The summed E-state index contributed by atoms with van der Waals surface area (Å²) in [5.41, 5.74) is 4.66. The lowest BCUT2D eigenvalue weighted by Crippen LogP contribution is -2.23. The van der Waals surface area contributed by atoms with Crippen LogP contribution in [0.1, 0.15) is 16.0 Å². The zero-order chi connectivity index (χ0) is 23.5. The fourth-order valence-electron chi connectivity index (χ4n) is 4.22. The summed E-state index contributed by atoms with van der Waals surface area (Å²) in [5.74, 6) is 1.67. The molecule has 0 atom stereocenters. The Kier molecular flexibility index (Phi) is 6.48. The average molecular weight is 486 g/mol. The summed E-state index contributed by atoms with van der Waals surface area (Å²) in [6, 6.07) is 29.0. The van der Waals surface area contributed by atoms with Gasteiger partial charge in [0.1, 0.15) is 16.4 Å². The van der Waals surface area contributed by atoms with E-state index in [9.17, 15) is 0 Å². The number of rotatable bonds is 7. The van der Waals surface area contributed by atoms with Crippen molar-refractivity contribution in [2.75, 3.05) is 12.0 Å². The molecule has 0 bridgehead atoms. The van der Waals surface area contributed by atoms with Crippen molar-refractivity contribution in [3.8, 4) is 16.9 Å². The van der Waals surface area contributed by atoms with Gasteiger partial charge in [0.25, 0.3) is 0 Å². The Morgan fingerprint density at radius 2 is 1.41 bits per heavy atom. The van der Waals surface area contributed by atoms with Gasteiger partial charge >= 0.3 is 0 Å². The molecule has 5 aromatic rings. The highest BCUT2D eigenvalue weighted by molar-refractivity contribution is 7.19. The molecule has 0 radical (unpaired) electrons. The number of fused-ring (bicyclic) bond motifs is 1. The first-order valence-corrected chi connectivity index (χ1v) is 12.3. The third kappa shape index (κ3) is 4.63. The zero-order valence-electron chi connectivity index (χ0n) is 19.0. The summed E-state index contributed by atoms with van der Waals surface area (Å²) in [4.78, 5) is 13.7. The van der Waals surface area contributed by atoms with Crippen molar-refractivity contribution in [3.05, 3.63) is 106 Å². The number of ether oxygens (including phenoxy) is 1. The molecule has 6 heteroatoms. The summed E-state index contributed by atoms with van der Waals surface area (Å²) in [7, 11) is 1.68. The predicted molar refractivity (Wildman–Crippen MR) is 142 cm³/mol. The molecule has 0 aliphatic carbocycles. The number of nitrogens with zero attached hydrogens (tertiary/aromatic N) is 3. The largest absolute Gasteiger partial charge is 0.497 e. The Bertz CT molecular complexity index is 1360. The molecule has 2 heterocycles. The SMILES string of the molecule is COc1ccc(-c2c(C)sc3nc(Cl)nc(N(Cc4ccccc4)Cc4ccccc4)c23)cc1. The topological polar surface area (TPSA) is 38.3 Å². The number of benzene rings is 3. The average Bonchev–Trinajstić information content (AvgIpc) is 3.19. The number of aryl methyl sites for hydroxylation is 1. The second-order valence-corrected chi connectivity index (χ2v) is 9.63. The second kappa shape index (κ2) is 9.84. The maximum absolute atomic E-state index is 6.46. The van der Waals surface area contributed by atoms with Crippen LogP contribution in [0, 0.1) is 6.92 Å². The lowest BCUT2D eigenvalue weighted by Gasteiger charge is -2.25. The van der Waals surface area contributed by atoms with Crippen LogP contribution in [0.25, 0.3) is 21.3 Å². The molecule has 0 saturated carbocycles. The van der Waals surface area contributed by atoms with Gasteiger partial charge in [-0.2, -0.15) is 4.98 Å². The molecule has 0 unspecified atom stereocenters. The Labute approximate surface area is 208 Å². The lowest BCUT2D eigenvalue weighted by atomic mass is 10.0. The van der Waals surface area contributed by atoms with Gasteiger partial charge in [-0.3, -0.25) is 0 Å². The first-order valence-electron chi connectivity index (χ1n) is 11.1. The molecule has 0 saturated heterocycles. The van der Waals surface area contributed by atoms with Gasteiger partial charge in [-0.05, 0) is 47.3 Å². The highest BCUT2D eigenvalue weighted by Crippen LogP contribution is 2.43. The molecular weight excluding hydrogens is 462 g/mol. The van der Waals surface area contributed by atoms with Gasteiger partial charge in [-0.1, -0.05) is 72.8 Å². The number of methoxy groups -OCH3 is 1. The van der Waals surface area contributed by atoms with E-state index in [1.165, 1.54) is 16.0 Å². The van der Waals surface area contributed by atoms with Gasteiger partial charge in [-0.25, -0.2) is 4.98 Å². The van der Waals surface area contributed by atoms with Gasteiger partial charge in [0, 0.05) is 23.5 Å². The van der Waals surface area contributed by atoms with E-state index in [-0.39, 0.29) is 5.28 Å². The van der Waals surface area contributed by atoms with Crippen molar-refractivity contribution >= 4 is 39.0 Å². The van der Waals surface area contributed by atoms with E-state index in [1.54, 1.807) is 18.4 Å². The van der Waals surface area contributed by atoms with E-state index in [2.05, 4.69) is 77.5 Å². The number of thiophene rings is 1. The smallest absolute Gasteiger partial charge is 0.225 e. The molecule has 0 N–H and O–H groups in total. The number of anilines is 1. The van der Waals surface area contributed by atoms with E-state index >= 15 is 0 Å². The van der Waals surface area contributed by atoms with Crippen LogP contribution in [0.3, 0.4) is 0 Å². The van der Waals surface area contributed by atoms with Crippen molar-refractivity contribution < 1.29 is 4.74 Å². The third-order valence-corrected chi connectivity index (χ3v) is 6.96. The van der Waals surface area contributed by atoms with Crippen LogP contribution in [-0.4, -0.2) is 17.1 Å². The molecule has 0 fully saturated rings. The van der Waals surface area contributed by atoms with E-state index in [0.717, 1.165) is 32.9 Å². The maximum Gasteiger partial charge on any atom is 0.225 e. The van der Waals surface area contributed by atoms with Gasteiger partial charge in [0.15, 0.2) is 0 Å². The third-order valence-electron chi connectivity index (χ3n) is 5.79. The molecule has 0 aliphatic rings. The number of halogens is 1. The summed E-state index contributed by atoms with van der Waals surface area (Å²) < 4.78 is 5.37. The Morgan fingerprint density at radius 1 is 0.824 bits per heavy atom. The molecule has 170 valence electrons. The molecule has 34 heavy (non-hydrogen) atoms. The standard InChI is InChI=1S/C28H24ClN3OS/c1-19-24(22-13-15-23(33-2)16-14-22)25-26(30-28(29)31-27(25)34-19)32(17-20-9-5-3-6-10-20)18-21-11-7-4-8-12-21/h3-16H,17-18H2,1-2H3. The van der Waals surface area contributed by atoms with E-state index in [4.69, 9.17) is 21.3 Å². The highest BCUT2D eigenvalue weighted by atomic mass is 35.5. The highest BCUT2D eigenvalue weighted by Gasteiger charge is 2.22. The summed E-state index contributed by atoms with van der Waals surface area (Å²) in [6.07, 6.45) is 0. The number of hydrogen-bond donors (Lipinski definition) is 0. The molecule has 4 nitrogen and oxygen atoms in total. The van der Waals surface area contributed by atoms with Gasteiger partial charge < -0.3 is 9.64 Å². The summed E-state index contributed by atoms with van der Waals surface area (Å²) in [6.45, 7) is 3.53. The predicted octanol–water partition coefficient (Wildman–Crippen LogP) is 7.54. The first kappa shape index (κ1) is 22.4. The van der Waals surface area contributed by atoms with Crippen LogP contribution in [0.5, 0.6) is 5.75 Å². The van der Waals surface area contributed by atoms with E-state index in [1.807, 2.05) is 24.3 Å². The molecule has 0 amide bonds. The molecule has 2 aromatic heterocycles. The van der Waals surface area contributed by atoms with Gasteiger partial charge in [-0.15, -0.1) is 11.3 Å². The van der Waals surface area contributed by atoms with Crippen LogP contribution < -0.4 is 9.64 Å². The van der Waals surface area contributed by atoms with Crippen molar-refractivity contribution in [2.45, 2.75) is 20.0 Å². The van der Waals surface area contributed by atoms with Crippen LogP contribution in [0.2, 0.25) is 5.28 Å². The molecule has 5 rings (SSSR count). The fraction of sp³-hybridized carbons (Fsp3) is 0.143. The molecule has 0 aliphatic heterocycles. The van der Waals surface area contributed by atoms with Crippen LogP contribution in [-0.2, 0) is 13.1 Å². The molecular formula is C28H24ClN3OS. The monoisotopic (exact) mass is 485 g/mol. The Morgan fingerprint density at radius 3 is 1.97 bits per heavy atom. The van der Waals surface area contributed by atoms with Gasteiger partial charge in [0.05, 0.1) is 12.5 Å². The van der Waals surface area contributed by atoms with Crippen molar-refractivity contribution in [3.63, 3.8) is 0 Å². The normalized spacial score (nSPS) is 11.0. The minimum absolute atomic E-state index is 0.260. The van der Waals surface area contributed by atoms with Crippen LogP contribution in [0.4, 0.5) is 5.82 Å². The fourth-order valence-corrected chi connectivity index (χ4v) is 5.47.